The second-order valence-electron chi connectivity index (χ2n) is 5.90. The van der Waals surface area contributed by atoms with E-state index in [1.165, 1.54) is 24.7 Å². The first-order chi connectivity index (χ1) is 8.02. The second kappa shape index (κ2) is 4.52. The van der Waals surface area contributed by atoms with Crippen LogP contribution in [-0.2, 0) is 6.42 Å². The molecule has 2 rings (SSSR count). The van der Waals surface area contributed by atoms with E-state index in [4.69, 9.17) is 4.42 Å². The summed E-state index contributed by atoms with van der Waals surface area (Å²) >= 11 is 0. The van der Waals surface area contributed by atoms with Gasteiger partial charge < -0.3 is 4.42 Å². The third-order valence-corrected chi connectivity index (χ3v) is 3.66. The topological polar surface area (TPSA) is 30.2 Å². The minimum absolute atomic E-state index is 0.410. The van der Waals surface area contributed by atoms with Crippen LogP contribution in [0.25, 0.3) is 0 Å². The van der Waals surface area contributed by atoms with Gasteiger partial charge in [0.25, 0.3) is 0 Å². The van der Waals surface area contributed by atoms with Crippen LogP contribution >= 0.6 is 0 Å². The standard InChI is InChI=1S/C15H20O2/c1-11(12-4-5-15(2,3)7-12)6-13-9-17-10-14(13)8-16/h4,8-11H,5-7H2,1-3H3/t11-/m0/s1. The van der Waals surface area contributed by atoms with E-state index in [0.29, 0.717) is 16.9 Å². The van der Waals surface area contributed by atoms with Crippen molar-refractivity contribution in [3.8, 4) is 0 Å². The van der Waals surface area contributed by atoms with E-state index in [0.717, 1.165) is 18.3 Å². The molecule has 1 aromatic rings. The van der Waals surface area contributed by atoms with Crippen molar-refractivity contribution in [1.82, 2.24) is 0 Å². The Labute approximate surface area is 103 Å². The summed E-state index contributed by atoms with van der Waals surface area (Å²) in [6.45, 7) is 6.84. The average molecular weight is 232 g/mol. The predicted molar refractivity (Wildman–Crippen MR) is 68.1 cm³/mol. The van der Waals surface area contributed by atoms with Gasteiger partial charge in [-0.25, -0.2) is 0 Å². The molecule has 0 bridgehead atoms. The number of carbonyl (C=O) groups excluding carboxylic acids is 1. The molecule has 2 nitrogen and oxygen atoms in total. The van der Waals surface area contributed by atoms with Crippen LogP contribution in [0.15, 0.2) is 28.6 Å². The fourth-order valence-electron chi connectivity index (χ4n) is 2.54. The van der Waals surface area contributed by atoms with Crippen LogP contribution in [0, 0.1) is 11.3 Å². The fraction of sp³-hybridized carbons (Fsp3) is 0.533. The molecular formula is C15H20O2. The molecule has 0 radical (unpaired) electrons. The molecule has 0 N–H and O–H groups in total. The van der Waals surface area contributed by atoms with Crippen LogP contribution in [0.1, 0.15) is 49.5 Å². The number of furan rings is 1. The first-order valence-electron chi connectivity index (χ1n) is 6.21. The normalized spacial score (nSPS) is 20.1. The van der Waals surface area contributed by atoms with Crippen molar-refractivity contribution in [2.75, 3.05) is 0 Å². The van der Waals surface area contributed by atoms with Crippen molar-refractivity contribution in [3.63, 3.8) is 0 Å². The number of hydrogen-bond acceptors (Lipinski definition) is 2. The van der Waals surface area contributed by atoms with Crippen molar-refractivity contribution < 1.29 is 9.21 Å². The van der Waals surface area contributed by atoms with Gasteiger partial charge in [0, 0.05) is 5.56 Å². The van der Waals surface area contributed by atoms with Gasteiger partial charge in [0.1, 0.15) is 6.26 Å². The first kappa shape index (κ1) is 12.2. The first-order valence-corrected chi connectivity index (χ1v) is 6.21. The molecule has 1 aliphatic carbocycles. The van der Waals surface area contributed by atoms with E-state index in [9.17, 15) is 4.79 Å². The Hall–Kier alpha value is -1.31. The zero-order valence-electron chi connectivity index (χ0n) is 10.8. The Balaban J connectivity index is 2.03. The molecular weight excluding hydrogens is 212 g/mol. The summed E-state index contributed by atoms with van der Waals surface area (Å²) in [5.74, 6) is 0.494. The maximum Gasteiger partial charge on any atom is 0.153 e. The molecule has 0 unspecified atom stereocenters. The highest BCUT2D eigenvalue weighted by Crippen LogP contribution is 2.40. The highest BCUT2D eigenvalue weighted by atomic mass is 16.3. The van der Waals surface area contributed by atoms with Gasteiger partial charge in [-0.05, 0) is 30.6 Å². The Morgan fingerprint density at radius 1 is 1.47 bits per heavy atom. The van der Waals surface area contributed by atoms with Gasteiger partial charge in [-0.2, -0.15) is 0 Å². The summed E-state index contributed by atoms with van der Waals surface area (Å²) < 4.78 is 5.09. The molecule has 2 heteroatoms. The lowest BCUT2D eigenvalue weighted by Crippen LogP contribution is -2.09. The molecule has 1 heterocycles. The van der Waals surface area contributed by atoms with Gasteiger partial charge in [-0.3, -0.25) is 4.79 Å². The highest BCUT2D eigenvalue weighted by Gasteiger charge is 2.27. The third-order valence-electron chi connectivity index (χ3n) is 3.66. The van der Waals surface area contributed by atoms with Crippen LogP contribution in [0.5, 0.6) is 0 Å². The number of aldehydes is 1. The van der Waals surface area contributed by atoms with Crippen LogP contribution < -0.4 is 0 Å². The van der Waals surface area contributed by atoms with Crippen molar-refractivity contribution in [1.29, 1.82) is 0 Å². The van der Waals surface area contributed by atoms with Gasteiger partial charge >= 0.3 is 0 Å². The SMILES string of the molecule is C[C@@H](Cc1cocc1C=O)C1=CCC(C)(C)C1. The summed E-state index contributed by atoms with van der Waals surface area (Å²) in [4.78, 5) is 10.8. The van der Waals surface area contributed by atoms with Gasteiger partial charge in [0.05, 0.1) is 11.8 Å². The molecule has 0 spiro atoms. The second-order valence-corrected chi connectivity index (χ2v) is 5.90. The summed E-state index contributed by atoms with van der Waals surface area (Å²) in [5, 5.41) is 0. The Bertz CT molecular complexity index is 438. The van der Waals surface area contributed by atoms with E-state index < -0.39 is 0 Å². The lowest BCUT2D eigenvalue weighted by Gasteiger charge is -2.19. The van der Waals surface area contributed by atoms with Crippen molar-refractivity contribution >= 4 is 6.29 Å². The van der Waals surface area contributed by atoms with E-state index in [1.54, 1.807) is 6.26 Å². The molecule has 92 valence electrons. The maximum absolute atomic E-state index is 10.8. The zero-order valence-corrected chi connectivity index (χ0v) is 10.8. The van der Waals surface area contributed by atoms with E-state index in [-0.39, 0.29) is 0 Å². The Morgan fingerprint density at radius 3 is 2.82 bits per heavy atom. The zero-order chi connectivity index (χ0) is 12.5. The summed E-state index contributed by atoms with van der Waals surface area (Å²) in [6, 6.07) is 0. The van der Waals surface area contributed by atoms with E-state index in [1.807, 2.05) is 0 Å². The summed E-state index contributed by atoms with van der Waals surface area (Å²) in [7, 11) is 0. The number of carbonyl (C=O) groups is 1. The van der Waals surface area contributed by atoms with E-state index >= 15 is 0 Å². The lowest BCUT2D eigenvalue weighted by molar-refractivity contribution is 0.112. The minimum atomic E-state index is 0.410. The molecule has 0 fully saturated rings. The Kier molecular flexibility index (Phi) is 3.23. The smallest absolute Gasteiger partial charge is 0.153 e. The largest absolute Gasteiger partial charge is 0.472 e. The molecule has 0 saturated heterocycles. The van der Waals surface area contributed by atoms with Crippen LogP contribution in [0.3, 0.4) is 0 Å². The highest BCUT2D eigenvalue weighted by molar-refractivity contribution is 5.76. The number of allylic oxidation sites excluding steroid dienone is 2. The van der Waals surface area contributed by atoms with Crippen LogP contribution in [-0.4, -0.2) is 6.29 Å². The van der Waals surface area contributed by atoms with Crippen molar-refractivity contribution in [2.24, 2.45) is 11.3 Å². The van der Waals surface area contributed by atoms with Crippen molar-refractivity contribution in [2.45, 2.75) is 40.0 Å². The monoisotopic (exact) mass is 232 g/mol. The quantitative estimate of drug-likeness (QED) is 0.580. The number of rotatable bonds is 4. The molecule has 0 amide bonds. The molecule has 0 saturated carbocycles. The van der Waals surface area contributed by atoms with Crippen LogP contribution in [0.4, 0.5) is 0 Å². The third kappa shape index (κ3) is 2.68. The lowest BCUT2D eigenvalue weighted by atomic mass is 9.85. The molecule has 17 heavy (non-hydrogen) atoms. The van der Waals surface area contributed by atoms with Gasteiger partial charge in [0.2, 0.25) is 0 Å². The average Bonchev–Trinajstić information content (AvgIpc) is 2.84. The molecule has 0 aliphatic heterocycles. The summed E-state index contributed by atoms with van der Waals surface area (Å²) in [6.07, 6.45) is 9.69. The Morgan fingerprint density at radius 2 is 2.24 bits per heavy atom. The minimum Gasteiger partial charge on any atom is -0.472 e. The molecule has 1 aromatic heterocycles. The number of hydrogen-bond donors (Lipinski definition) is 0. The molecule has 1 aliphatic rings. The maximum atomic E-state index is 10.8. The molecule has 1 atom stereocenters. The molecule has 0 aromatic carbocycles. The van der Waals surface area contributed by atoms with Gasteiger partial charge in [-0.15, -0.1) is 0 Å². The van der Waals surface area contributed by atoms with Crippen LogP contribution in [0.2, 0.25) is 0 Å². The van der Waals surface area contributed by atoms with Gasteiger partial charge in [0.15, 0.2) is 6.29 Å². The predicted octanol–water partition coefficient (Wildman–Crippen LogP) is 4.02. The summed E-state index contributed by atoms with van der Waals surface area (Å²) in [5.41, 5.74) is 3.65. The fourth-order valence-corrected chi connectivity index (χ4v) is 2.54. The van der Waals surface area contributed by atoms with Gasteiger partial charge in [-0.1, -0.05) is 32.4 Å². The van der Waals surface area contributed by atoms with E-state index in [2.05, 4.69) is 26.8 Å². The van der Waals surface area contributed by atoms with Crippen molar-refractivity contribution in [3.05, 3.63) is 35.3 Å².